The van der Waals surface area contributed by atoms with Gasteiger partial charge < -0.3 is 9.84 Å². The minimum atomic E-state index is -0.982. The van der Waals surface area contributed by atoms with E-state index in [0.29, 0.717) is 11.3 Å². The summed E-state index contributed by atoms with van der Waals surface area (Å²) in [5.74, 6) is -0.330. The number of aliphatic carboxylic acids is 1. The summed E-state index contributed by atoms with van der Waals surface area (Å²) in [5, 5.41) is 9.05. The molecule has 0 atom stereocenters. The molecule has 0 bridgehead atoms. The lowest BCUT2D eigenvalue weighted by molar-refractivity contribution is -0.131. The number of carboxylic acids is 1. The van der Waals surface area contributed by atoms with Gasteiger partial charge in [-0.2, -0.15) is 0 Å². The van der Waals surface area contributed by atoms with Crippen molar-refractivity contribution in [2.24, 2.45) is 0 Å². The molecule has 1 N–H and O–H groups in total. The quantitative estimate of drug-likeness (QED) is 0.852. The lowest BCUT2D eigenvalue weighted by atomic mass is 9.97. The zero-order valence-electron chi connectivity index (χ0n) is 10.5. The van der Waals surface area contributed by atoms with Gasteiger partial charge in [0.2, 0.25) is 0 Å². The number of benzene rings is 2. The fraction of sp³-hybridized carbons (Fsp3) is 0.0625. The zero-order chi connectivity index (χ0) is 13.7. The first kappa shape index (κ1) is 12.9. The van der Waals surface area contributed by atoms with Crippen molar-refractivity contribution in [1.29, 1.82) is 0 Å². The van der Waals surface area contributed by atoms with Crippen molar-refractivity contribution in [3.8, 4) is 5.75 Å². The van der Waals surface area contributed by atoms with Crippen LogP contribution >= 0.6 is 0 Å². The summed E-state index contributed by atoms with van der Waals surface area (Å²) < 4.78 is 5.30. The van der Waals surface area contributed by atoms with Gasteiger partial charge in [0, 0.05) is 11.6 Å². The molecular weight excluding hydrogens is 240 g/mol. The summed E-state index contributed by atoms with van der Waals surface area (Å²) in [6.45, 7) is 0. The maximum Gasteiger partial charge on any atom is 0.328 e. The second kappa shape index (κ2) is 5.87. The van der Waals surface area contributed by atoms with Crippen molar-refractivity contribution in [3.63, 3.8) is 0 Å². The molecule has 19 heavy (non-hydrogen) atoms. The van der Waals surface area contributed by atoms with E-state index in [4.69, 9.17) is 9.84 Å². The molecule has 2 rings (SSSR count). The first-order valence-corrected chi connectivity index (χ1v) is 5.86. The summed E-state index contributed by atoms with van der Waals surface area (Å²) in [4.78, 5) is 11.0. The molecule has 0 saturated carbocycles. The van der Waals surface area contributed by atoms with Gasteiger partial charge in [0.15, 0.2) is 0 Å². The molecule has 3 heteroatoms. The molecule has 2 aromatic carbocycles. The smallest absolute Gasteiger partial charge is 0.328 e. The zero-order valence-corrected chi connectivity index (χ0v) is 10.5. The van der Waals surface area contributed by atoms with Crippen LogP contribution in [0.1, 0.15) is 11.1 Å². The minimum Gasteiger partial charge on any atom is -0.496 e. The average molecular weight is 254 g/mol. The molecule has 0 unspecified atom stereocenters. The number of ether oxygens (including phenoxy) is 1. The van der Waals surface area contributed by atoms with Crippen molar-refractivity contribution in [3.05, 3.63) is 71.8 Å². The van der Waals surface area contributed by atoms with Gasteiger partial charge in [-0.1, -0.05) is 48.5 Å². The van der Waals surface area contributed by atoms with Gasteiger partial charge in [-0.15, -0.1) is 0 Å². The Morgan fingerprint density at radius 1 is 1.05 bits per heavy atom. The van der Waals surface area contributed by atoms with E-state index in [0.717, 1.165) is 11.1 Å². The third-order valence-corrected chi connectivity index (χ3v) is 2.75. The normalized spacial score (nSPS) is 11.1. The third kappa shape index (κ3) is 3.01. The summed E-state index contributed by atoms with van der Waals surface area (Å²) in [6.07, 6.45) is 1.20. The van der Waals surface area contributed by atoms with Crippen molar-refractivity contribution in [1.82, 2.24) is 0 Å². The van der Waals surface area contributed by atoms with Gasteiger partial charge in [0.25, 0.3) is 0 Å². The molecule has 0 aliphatic rings. The Balaban J connectivity index is 2.60. The predicted molar refractivity (Wildman–Crippen MR) is 74.2 cm³/mol. The third-order valence-electron chi connectivity index (χ3n) is 2.75. The van der Waals surface area contributed by atoms with Crippen LogP contribution in [0, 0.1) is 0 Å². The molecule has 0 fully saturated rings. The molecule has 0 aliphatic heterocycles. The molecule has 0 aliphatic carbocycles. The Bertz CT molecular complexity index is 600. The van der Waals surface area contributed by atoms with Crippen LogP contribution in [0.3, 0.4) is 0 Å². The predicted octanol–water partition coefficient (Wildman–Crippen LogP) is 3.21. The lowest BCUT2D eigenvalue weighted by Gasteiger charge is -2.12. The van der Waals surface area contributed by atoms with Gasteiger partial charge in [-0.3, -0.25) is 0 Å². The van der Waals surface area contributed by atoms with Crippen LogP contribution in [0.5, 0.6) is 5.75 Å². The monoisotopic (exact) mass is 254 g/mol. The van der Waals surface area contributed by atoms with Crippen LogP contribution < -0.4 is 4.74 Å². The Morgan fingerprint density at radius 3 is 2.32 bits per heavy atom. The van der Waals surface area contributed by atoms with Gasteiger partial charge in [0.1, 0.15) is 5.75 Å². The highest BCUT2D eigenvalue weighted by Gasteiger charge is 2.11. The van der Waals surface area contributed by atoms with Crippen LogP contribution in [0.2, 0.25) is 0 Å². The summed E-state index contributed by atoms with van der Waals surface area (Å²) >= 11 is 0. The molecule has 0 heterocycles. The van der Waals surface area contributed by atoms with Crippen LogP contribution in [0.15, 0.2) is 60.7 Å². The number of hydrogen-bond donors (Lipinski definition) is 1. The van der Waals surface area contributed by atoms with E-state index in [9.17, 15) is 4.79 Å². The number of carboxylic acid groups (broad SMARTS) is 1. The maximum absolute atomic E-state index is 11.0. The molecule has 96 valence electrons. The number of carbonyl (C=O) groups is 1. The van der Waals surface area contributed by atoms with Crippen LogP contribution in [0.4, 0.5) is 0 Å². The Labute approximate surface area is 111 Å². The SMILES string of the molecule is COc1ccccc1C(=CC(=O)O)c1ccccc1. The maximum atomic E-state index is 11.0. The molecule has 0 spiro atoms. The Morgan fingerprint density at radius 2 is 1.68 bits per heavy atom. The largest absolute Gasteiger partial charge is 0.496 e. The van der Waals surface area contributed by atoms with Gasteiger partial charge in [-0.25, -0.2) is 4.79 Å². The first-order valence-electron chi connectivity index (χ1n) is 5.86. The highest BCUT2D eigenvalue weighted by atomic mass is 16.5. The molecule has 2 aromatic rings. The second-order valence-electron chi connectivity index (χ2n) is 3.96. The highest BCUT2D eigenvalue weighted by molar-refractivity contribution is 5.96. The van der Waals surface area contributed by atoms with Gasteiger partial charge in [-0.05, 0) is 17.2 Å². The standard InChI is InChI=1S/C16H14O3/c1-19-15-10-6-5-9-13(15)14(11-16(17)18)12-7-3-2-4-8-12/h2-11H,1H3,(H,17,18). The Kier molecular flexibility index (Phi) is 3.98. The summed E-state index contributed by atoms with van der Waals surface area (Å²) in [5.41, 5.74) is 2.23. The average Bonchev–Trinajstić information content (AvgIpc) is 2.45. The molecule has 0 saturated heterocycles. The minimum absolute atomic E-state index is 0.630. The fourth-order valence-corrected chi connectivity index (χ4v) is 1.92. The topological polar surface area (TPSA) is 46.5 Å². The lowest BCUT2D eigenvalue weighted by Crippen LogP contribution is -1.97. The fourth-order valence-electron chi connectivity index (χ4n) is 1.92. The summed E-state index contributed by atoms with van der Waals surface area (Å²) in [7, 11) is 1.57. The second-order valence-corrected chi connectivity index (χ2v) is 3.96. The van der Waals surface area contributed by atoms with Crippen molar-refractivity contribution >= 4 is 11.5 Å². The molecular formula is C16H14O3. The molecule has 3 nitrogen and oxygen atoms in total. The van der Waals surface area contributed by atoms with Crippen molar-refractivity contribution in [2.45, 2.75) is 0 Å². The highest BCUT2D eigenvalue weighted by Crippen LogP contribution is 2.30. The molecule has 0 radical (unpaired) electrons. The Hall–Kier alpha value is -2.55. The van der Waals surface area contributed by atoms with Crippen LogP contribution in [-0.2, 0) is 4.79 Å². The van der Waals surface area contributed by atoms with Gasteiger partial charge in [0.05, 0.1) is 7.11 Å². The van der Waals surface area contributed by atoms with Crippen molar-refractivity contribution < 1.29 is 14.6 Å². The van der Waals surface area contributed by atoms with E-state index in [1.807, 2.05) is 54.6 Å². The van der Waals surface area contributed by atoms with E-state index >= 15 is 0 Å². The van der Waals surface area contributed by atoms with E-state index < -0.39 is 5.97 Å². The number of rotatable bonds is 4. The van der Waals surface area contributed by atoms with Crippen LogP contribution in [0.25, 0.3) is 5.57 Å². The molecule has 0 aromatic heterocycles. The van der Waals surface area contributed by atoms with Gasteiger partial charge >= 0.3 is 5.97 Å². The number of para-hydroxylation sites is 1. The van der Waals surface area contributed by atoms with E-state index in [1.165, 1.54) is 6.08 Å². The van der Waals surface area contributed by atoms with Crippen molar-refractivity contribution in [2.75, 3.05) is 7.11 Å². The number of hydrogen-bond acceptors (Lipinski definition) is 2. The van der Waals surface area contributed by atoms with E-state index in [1.54, 1.807) is 7.11 Å². The first-order chi connectivity index (χ1) is 9.22. The van der Waals surface area contributed by atoms with E-state index in [2.05, 4.69) is 0 Å². The van der Waals surface area contributed by atoms with Crippen LogP contribution in [-0.4, -0.2) is 18.2 Å². The van der Waals surface area contributed by atoms with E-state index in [-0.39, 0.29) is 0 Å². The number of methoxy groups -OCH3 is 1. The molecule has 0 amide bonds. The summed E-state index contributed by atoms with van der Waals surface area (Å²) in [6, 6.07) is 16.8.